The summed E-state index contributed by atoms with van der Waals surface area (Å²) in [5.74, 6) is 1.44. The summed E-state index contributed by atoms with van der Waals surface area (Å²) < 4.78 is 5.40. The summed E-state index contributed by atoms with van der Waals surface area (Å²) in [6.07, 6.45) is 4.58. The molecule has 0 saturated carbocycles. The Morgan fingerprint density at radius 1 is 1.21 bits per heavy atom. The molecule has 1 aliphatic heterocycles. The van der Waals surface area contributed by atoms with Gasteiger partial charge in [0.2, 0.25) is 0 Å². The molecule has 0 aliphatic carbocycles. The number of phenols is 1. The smallest absolute Gasteiger partial charge is 0.151 e. The van der Waals surface area contributed by atoms with Gasteiger partial charge in [-0.3, -0.25) is 5.10 Å². The van der Waals surface area contributed by atoms with Crippen molar-refractivity contribution < 1.29 is 9.84 Å². The molecule has 8 nitrogen and oxygen atoms in total. The number of methoxy groups -OCH3 is 1. The van der Waals surface area contributed by atoms with Crippen LogP contribution >= 0.6 is 0 Å². The summed E-state index contributed by atoms with van der Waals surface area (Å²) in [7, 11) is 3.93. The zero-order valence-corrected chi connectivity index (χ0v) is 20.1. The van der Waals surface area contributed by atoms with Crippen LogP contribution in [0, 0.1) is 5.92 Å². The molecule has 1 aliphatic rings. The average molecular weight is 451 g/mol. The van der Waals surface area contributed by atoms with Gasteiger partial charge in [0.1, 0.15) is 5.75 Å². The lowest BCUT2D eigenvalue weighted by Crippen LogP contribution is -2.60. The third-order valence-corrected chi connectivity index (χ3v) is 7.42. The van der Waals surface area contributed by atoms with Crippen LogP contribution in [-0.2, 0) is 4.74 Å². The first-order valence-electron chi connectivity index (χ1n) is 11.5. The first kappa shape index (κ1) is 23.2. The number of hydrogen-bond donors (Lipinski definition) is 2. The third-order valence-electron chi connectivity index (χ3n) is 7.42. The largest absolute Gasteiger partial charge is 0.507 e. The highest BCUT2D eigenvalue weighted by Gasteiger charge is 2.42. The van der Waals surface area contributed by atoms with E-state index in [9.17, 15) is 5.11 Å². The second kappa shape index (κ2) is 9.49. The number of nitrogens with zero attached hydrogens (tertiary/aromatic N) is 5. The Bertz CT molecular complexity index is 1050. The van der Waals surface area contributed by atoms with Crippen LogP contribution < -0.4 is 4.90 Å². The molecule has 3 aromatic rings. The Hall–Kier alpha value is -2.97. The Balaban J connectivity index is 1.59. The van der Waals surface area contributed by atoms with E-state index in [0.29, 0.717) is 29.8 Å². The lowest BCUT2D eigenvalue weighted by molar-refractivity contribution is 0.0364. The monoisotopic (exact) mass is 450 g/mol. The lowest BCUT2D eigenvalue weighted by atomic mass is 9.76. The van der Waals surface area contributed by atoms with Crippen LogP contribution in [0.5, 0.6) is 5.75 Å². The highest BCUT2D eigenvalue weighted by molar-refractivity contribution is 5.73. The van der Waals surface area contributed by atoms with Crippen molar-refractivity contribution in [2.24, 2.45) is 5.92 Å². The normalized spacial score (nSPS) is 20.6. The molecule has 1 fully saturated rings. The van der Waals surface area contributed by atoms with Gasteiger partial charge in [0.15, 0.2) is 5.82 Å². The summed E-state index contributed by atoms with van der Waals surface area (Å²) in [6, 6.07) is 9.81. The maximum Gasteiger partial charge on any atom is 0.151 e. The predicted octanol–water partition coefficient (Wildman–Crippen LogP) is 3.81. The number of nitrogens with one attached hydrogen (secondary N) is 1. The van der Waals surface area contributed by atoms with E-state index in [2.05, 4.69) is 58.0 Å². The number of phenolic OH excluding ortho intramolecular Hbond substituents is 1. The minimum absolute atomic E-state index is 0.0874. The molecule has 33 heavy (non-hydrogen) atoms. The molecule has 0 bridgehead atoms. The van der Waals surface area contributed by atoms with Crippen molar-refractivity contribution >= 4 is 5.82 Å². The fourth-order valence-electron chi connectivity index (χ4n) is 4.71. The molecule has 8 heteroatoms. The zero-order chi connectivity index (χ0) is 23.6. The SMILES string of the molecule is COCCN(c1ccc(-c2ccc(-c3cn[nH]c3)cc2O)nn1)C1CCN(C)C(C)(C)C1C. The van der Waals surface area contributed by atoms with Gasteiger partial charge in [-0.2, -0.15) is 5.10 Å². The Morgan fingerprint density at radius 3 is 2.67 bits per heavy atom. The highest BCUT2D eigenvalue weighted by Crippen LogP contribution is 2.37. The quantitative estimate of drug-likeness (QED) is 0.566. The number of aromatic nitrogens is 4. The number of piperidine rings is 1. The second-order valence-corrected chi connectivity index (χ2v) is 9.40. The zero-order valence-electron chi connectivity index (χ0n) is 20.1. The van der Waals surface area contributed by atoms with Gasteiger partial charge in [-0.1, -0.05) is 13.0 Å². The molecule has 176 valence electrons. The number of rotatable bonds is 7. The number of hydrogen-bond acceptors (Lipinski definition) is 7. The van der Waals surface area contributed by atoms with Crippen molar-refractivity contribution in [1.82, 2.24) is 25.3 Å². The van der Waals surface area contributed by atoms with Crippen molar-refractivity contribution in [2.45, 2.75) is 38.8 Å². The summed E-state index contributed by atoms with van der Waals surface area (Å²) in [5.41, 5.74) is 3.18. The lowest BCUT2D eigenvalue weighted by Gasteiger charge is -2.52. The molecule has 4 rings (SSSR count). The maximum atomic E-state index is 10.6. The minimum atomic E-state index is 0.0874. The molecule has 2 N–H and O–H groups in total. The van der Waals surface area contributed by atoms with Gasteiger partial charge < -0.3 is 19.6 Å². The van der Waals surface area contributed by atoms with Crippen molar-refractivity contribution in [3.05, 3.63) is 42.7 Å². The van der Waals surface area contributed by atoms with Crippen LogP contribution in [0.2, 0.25) is 0 Å². The minimum Gasteiger partial charge on any atom is -0.507 e. The van der Waals surface area contributed by atoms with Gasteiger partial charge >= 0.3 is 0 Å². The van der Waals surface area contributed by atoms with Crippen molar-refractivity contribution in [1.29, 1.82) is 0 Å². The molecule has 1 saturated heterocycles. The third kappa shape index (κ3) is 4.58. The highest BCUT2D eigenvalue weighted by atomic mass is 16.5. The molecule has 1 aromatic carbocycles. The van der Waals surface area contributed by atoms with Crippen LogP contribution in [0.15, 0.2) is 42.7 Å². The van der Waals surface area contributed by atoms with E-state index < -0.39 is 0 Å². The molecule has 2 aromatic heterocycles. The molecular weight excluding hydrogens is 416 g/mol. The van der Waals surface area contributed by atoms with Crippen molar-refractivity contribution in [2.75, 3.05) is 38.8 Å². The summed E-state index contributed by atoms with van der Waals surface area (Å²) >= 11 is 0. The number of H-pyrrole nitrogens is 1. The number of aromatic amines is 1. The van der Waals surface area contributed by atoms with Crippen molar-refractivity contribution in [3.63, 3.8) is 0 Å². The molecule has 3 heterocycles. The summed E-state index contributed by atoms with van der Waals surface area (Å²) in [4.78, 5) is 4.77. The van der Waals surface area contributed by atoms with Crippen LogP contribution in [0.4, 0.5) is 5.82 Å². The Morgan fingerprint density at radius 2 is 2.03 bits per heavy atom. The van der Waals surface area contributed by atoms with E-state index in [-0.39, 0.29) is 11.3 Å². The van der Waals surface area contributed by atoms with E-state index in [1.165, 1.54) is 0 Å². The van der Waals surface area contributed by atoms with E-state index in [4.69, 9.17) is 4.74 Å². The van der Waals surface area contributed by atoms with Crippen molar-refractivity contribution in [3.8, 4) is 28.1 Å². The second-order valence-electron chi connectivity index (χ2n) is 9.40. The Kier molecular flexibility index (Phi) is 6.67. The van der Waals surface area contributed by atoms with Gasteiger partial charge in [0.25, 0.3) is 0 Å². The number of likely N-dealkylation sites (tertiary alicyclic amines) is 1. The molecule has 2 atom stereocenters. The first-order chi connectivity index (χ1) is 15.8. The van der Waals surface area contributed by atoms with E-state index >= 15 is 0 Å². The van der Waals surface area contributed by atoms with E-state index in [0.717, 1.165) is 36.5 Å². The van der Waals surface area contributed by atoms with E-state index in [1.807, 2.05) is 24.3 Å². The molecule has 2 unspecified atom stereocenters. The topological polar surface area (TPSA) is 90.4 Å². The molecular formula is C25H34N6O2. The number of anilines is 1. The fourth-order valence-corrected chi connectivity index (χ4v) is 4.71. The predicted molar refractivity (Wildman–Crippen MR) is 130 cm³/mol. The molecule has 0 radical (unpaired) electrons. The van der Waals surface area contributed by atoms with Gasteiger partial charge in [0, 0.05) is 49.1 Å². The van der Waals surface area contributed by atoms with Crippen LogP contribution in [0.1, 0.15) is 27.2 Å². The maximum absolute atomic E-state index is 10.6. The van der Waals surface area contributed by atoms with Gasteiger partial charge in [0.05, 0.1) is 18.5 Å². The standard InChI is InChI=1S/C25H34N6O2/c1-17-22(10-11-30(4)25(17,2)3)31(12-13-33-5)24-9-8-21(28-29-24)20-7-6-18(14-23(20)32)19-15-26-27-16-19/h6-9,14-17,22,32H,10-13H2,1-5H3,(H,26,27). The number of ether oxygens (including phenoxy) is 1. The molecule has 0 amide bonds. The number of benzene rings is 1. The fraction of sp³-hybridized carbons (Fsp3) is 0.480. The molecule has 0 spiro atoms. The van der Waals surface area contributed by atoms with Gasteiger partial charge in [-0.05, 0) is 63.1 Å². The van der Waals surface area contributed by atoms with E-state index in [1.54, 1.807) is 25.6 Å². The van der Waals surface area contributed by atoms with Crippen LogP contribution in [-0.4, -0.2) is 75.8 Å². The van der Waals surface area contributed by atoms with Crippen LogP contribution in [0.25, 0.3) is 22.4 Å². The first-order valence-corrected chi connectivity index (χ1v) is 11.5. The number of aromatic hydroxyl groups is 1. The summed E-state index contributed by atoms with van der Waals surface area (Å²) in [6.45, 7) is 9.35. The van der Waals surface area contributed by atoms with Gasteiger partial charge in [-0.15, -0.1) is 10.2 Å². The average Bonchev–Trinajstić information content (AvgIpc) is 3.35. The summed E-state index contributed by atoms with van der Waals surface area (Å²) in [5, 5.41) is 26.4. The van der Waals surface area contributed by atoms with Crippen LogP contribution in [0.3, 0.4) is 0 Å². The Labute approximate surface area is 195 Å². The van der Waals surface area contributed by atoms with Gasteiger partial charge in [-0.25, -0.2) is 0 Å².